The van der Waals surface area contributed by atoms with Crippen molar-refractivity contribution >= 4 is 44.4 Å². The normalized spacial score (nSPS) is 11.3. The van der Waals surface area contributed by atoms with E-state index < -0.39 is 0 Å². The first kappa shape index (κ1) is 21.5. The molecule has 0 unspecified atom stereocenters. The van der Waals surface area contributed by atoms with Gasteiger partial charge in [-0.2, -0.15) is 0 Å². The number of thioether (sulfide) groups is 1. The highest BCUT2D eigenvalue weighted by atomic mass is 32.2. The zero-order valence-corrected chi connectivity index (χ0v) is 19.8. The minimum absolute atomic E-state index is 0.0488. The number of carbonyl (C=O) groups is 1. The van der Waals surface area contributed by atoms with Gasteiger partial charge in [0.2, 0.25) is 0 Å². The van der Waals surface area contributed by atoms with E-state index in [0.717, 1.165) is 26.5 Å². The number of aromatic nitrogens is 2. The molecule has 0 aliphatic rings. The van der Waals surface area contributed by atoms with E-state index in [1.807, 2.05) is 36.4 Å². The molecule has 0 radical (unpaired) electrons. The fraction of sp³-hybridized carbons (Fsp3) is 0.240. The molecule has 0 saturated carbocycles. The summed E-state index contributed by atoms with van der Waals surface area (Å²) >= 11 is 3.36. The van der Waals surface area contributed by atoms with Crippen LogP contribution in [0.4, 0.5) is 5.13 Å². The lowest BCUT2D eigenvalue weighted by Crippen LogP contribution is -2.30. The molecule has 0 N–H and O–H groups in total. The van der Waals surface area contributed by atoms with Crippen LogP contribution in [-0.4, -0.2) is 21.1 Å². The fourth-order valence-electron chi connectivity index (χ4n) is 3.36. The van der Waals surface area contributed by atoms with Crippen LogP contribution in [0, 0.1) is 13.8 Å². The number of rotatable bonds is 6. The second-order valence-corrected chi connectivity index (χ2v) is 10.4. The molecule has 0 atom stereocenters. The zero-order valence-electron chi connectivity index (χ0n) is 18.1. The van der Waals surface area contributed by atoms with Gasteiger partial charge in [0.1, 0.15) is 0 Å². The number of nitrogens with zero attached hydrogens (tertiary/aromatic N) is 3. The number of thiazole rings is 1. The molecule has 31 heavy (non-hydrogen) atoms. The fourth-order valence-corrected chi connectivity index (χ4v) is 5.31. The lowest BCUT2D eigenvalue weighted by atomic mass is 10.1. The molecule has 2 aromatic carbocycles. The third kappa shape index (κ3) is 4.81. The Labute approximate surface area is 191 Å². The van der Waals surface area contributed by atoms with Crippen molar-refractivity contribution in [3.8, 4) is 0 Å². The second kappa shape index (κ2) is 9.20. The van der Waals surface area contributed by atoms with Crippen LogP contribution in [0.3, 0.4) is 0 Å². The molecule has 4 rings (SSSR count). The van der Waals surface area contributed by atoms with Gasteiger partial charge in [0.25, 0.3) is 5.91 Å². The molecule has 0 spiro atoms. The Morgan fingerprint density at radius 3 is 2.32 bits per heavy atom. The number of carbonyl (C=O) groups excluding carboxylic acids is 1. The molecule has 0 aliphatic heterocycles. The van der Waals surface area contributed by atoms with Gasteiger partial charge < -0.3 is 0 Å². The highest BCUT2D eigenvalue weighted by Gasteiger charge is 2.23. The lowest BCUT2D eigenvalue weighted by Gasteiger charge is -2.20. The maximum atomic E-state index is 13.6. The van der Waals surface area contributed by atoms with Gasteiger partial charge >= 0.3 is 0 Å². The van der Waals surface area contributed by atoms with Gasteiger partial charge in [-0.1, -0.05) is 37.3 Å². The Morgan fingerprint density at radius 1 is 1.00 bits per heavy atom. The largest absolute Gasteiger partial charge is 0.279 e. The zero-order chi connectivity index (χ0) is 22.0. The van der Waals surface area contributed by atoms with Crippen molar-refractivity contribution in [2.75, 3.05) is 4.90 Å². The molecular formula is C25H25N3OS2. The standard InChI is InChI=1S/C25H25N3OS2/c1-16(2)30-21-9-7-20(8-10-21)24(29)28(15-19-11-13-26-14-12-19)25-27-22-17(3)5-6-18(4)23(22)31-25/h5-14,16H,15H2,1-4H3. The van der Waals surface area contributed by atoms with Crippen LogP contribution >= 0.6 is 23.1 Å². The van der Waals surface area contributed by atoms with Gasteiger partial charge in [0, 0.05) is 28.1 Å². The summed E-state index contributed by atoms with van der Waals surface area (Å²) in [6, 6.07) is 15.9. The minimum atomic E-state index is -0.0488. The van der Waals surface area contributed by atoms with Crippen LogP contribution < -0.4 is 4.90 Å². The average molecular weight is 448 g/mol. The number of hydrogen-bond donors (Lipinski definition) is 0. The number of hydrogen-bond acceptors (Lipinski definition) is 5. The van der Waals surface area contributed by atoms with Crippen LogP contribution in [0.1, 0.15) is 40.9 Å². The van der Waals surface area contributed by atoms with E-state index in [2.05, 4.69) is 44.8 Å². The van der Waals surface area contributed by atoms with Gasteiger partial charge in [0.15, 0.2) is 5.13 Å². The van der Waals surface area contributed by atoms with Crippen molar-refractivity contribution in [1.82, 2.24) is 9.97 Å². The first-order valence-electron chi connectivity index (χ1n) is 10.3. The Morgan fingerprint density at radius 2 is 1.68 bits per heavy atom. The molecule has 158 valence electrons. The number of aryl methyl sites for hydroxylation is 2. The van der Waals surface area contributed by atoms with Crippen molar-refractivity contribution < 1.29 is 4.79 Å². The third-order valence-corrected chi connectivity index (χ3v) is 7.20. The van der Waals surface area contributed by atoms with Crippen molar-refractivity contribution in [1.29, 1.82) is 0 Å². The predicted molar refractivity (Wildman–Crippen MR) is 131 cm³/mol. The summed E-state index contributed by atoms with van der Waals surface area (Å²) < 4.78 is 1.13. The molecule has 4 aromatic rings. The molecule has 0 saturated heterocycles. The van der Waals surface area contributed by atoms with E-state index >= 15 is 0 Å². The average Bonchev–Trinajstić information content (AvgIpc) is 3.22. The first-order chi connectivity index (χ1) is 14.9. The molecule has 2 aromatic heterocycles. The molecule has 1 amide bonds. The van der Waals surface area contributed by atoms with E-state index in [1.165, 1.54) is 10.5 Å². The van der Waals surface area contributed by atoms with Gasteiger partial charge in [-0.25, -0.2) is 4.98 Å². The van der Waals surface area contributed by atoms with Crippen LogP contribution in [0.25, 0.3) is 10.2 Å². The summed E-state index contributed by atoms with van der Waals surface area (Å²) in [6.07, 6.45) is 3.51. The summed E-state index contributed by atoms with van der Waals surface area (Å²) in [5, 5.41) is 1.22. The van der Waals surface area contributed by atoms with E-state index in [0.29, 0.717) is 17.4 Å². The second-order valence-electron chi connectivity index (χ2n) is 7.81. The van der Waals surface area contributed by atoms with Crippen molar-refractivity contribution in [3.63, 3.8) is 0 Å². The highest BCUT2D eigenvalue weighted by molar-refractivity contribution is 7.99. The monoisotopic (exact) mass is 447 g/mol. The number of anilines is 1. The SMILES string of the molecule is Cc1ccc(C)c2sc(N(Cc3ccncc3)C(=O)c3ccc(SC(C)C)cc3)nc12. The predicted octanol–water partition coefficient (Wildman–Crippen LogP) is 6.66. The van der Waals surface area contributed by atoms with Crippen LogP contribution in [0.5, 0.6) is 0 Å². The van der Waals surface area contributed by atoms with E-state index in [9.17, 15) is 4.79 Å². The summed E-state index contributed by atoms with van der Waals surface area (Å²) in [5.74, 6) is -0.0488. The van der Waals surface area contributed by atoms with Gasteiger partial charge in [-0.05, 0) is 66.9 Å². The van der Waals surface area contributed by atoms with E-state index in [1.54, 1.807) is 40.4 Å². The molecule has 0 aliphatic carbocycles. The summed E-state index contributed by atoms with van der Waals surface area (Å²) in [6.45, 7) is 8.92. The van der Waals surface area contributed by atoms with Gasteiger partial charge in [-0.15, -0.1) is 11.8 Å². The summed E-state index contributed by atoms with van der Waals surface area (Å²) in [4.78, 5) is 25.5. The van der Waals surface area contributed by atoms with Crippen LogP contribution in [0.15, 0.2) is 65.8 Å². The maximum absolute atomic E-state index is 13.6. The highest BCUT2D eigenvalue weighted by Crippen LogP contribution is 2.34. The molecule has 6 heteroatoms. The molecule has 0 bridgehead atoms. The Balaban J connectivity index is 1.73. The number of fused-ring (bicyclic) bond motifs is 1. The number of pyridine rings is 1. The summed E-state index contributed by atoms with van der Waals surface area (Å²) in [7, 11) is 0. The third-order valence-electron chi connectivity index (χ3n) is 4.97. The van der Waals surface area contributed by atoms with Crippen molar-refractivity contribution in [2.45, 2.75) is 44.4 Å². The minimum Gasteiger partial charge on any atom is -0.279 e. The molecular weight excluding hydrogens is 422 g/mol. The molecule has 2 heterocycles. The van der Waals surface area contributed by atoms with Gasteiger partial charge in [0.05, 0.1) is 16.8 Å². The van der Waals surface area contributed by atoms with Crippen LogP contribution in [0.2, 0.25) is 0 Å². The first-order valence-corrected chi connectivity index (χ1v) is 12.0. The maximum Gasteiger partial charge on any atom is 0.260 e. The smallest absolute Gasteiger partial charge is 0.260 e. The quantitative estimate of drug-likeness (QED) is 0.310. The summed E-state index contributed by atoms with van der Waals surface area (Å²) in [5.41, 5.74) is 4.94. The Hall–Kier alpha value is -2.70. The molecule has 0 fully saturated rings. The number of benzene rings is 2. The van der Waals surface area contributed by atoms with Crippen molar-refractivity contribution in [2.24, 2.45) is 0 Å². The van der Waals surface area contributed by atoms with Gasteiger partial charge in [-0.3, -0.25) is 14.7 Å². The topological polar surface area (TPSA) is 46.1 Å². The Kier molecular flexibility index (Phi) is 6.39. The lowest BCUT2D eigenvalue weighted by molar-refractivity contribution is 0.0985. The Bertz CT molecular complexity index is 1160. The number of amides is 1. The van der Waals surface area contributed by atoms with E-state index in [4.69, 9.17) is 4.98 Å². The van der Waals surface area contributed by atoms with Crippen molar-refractivity contribution in [3.05, 3.63) is 83.2 Å². The van der Waals surface area contributed by atoms with Crippen LogP contribution in [-0.2, 0) is 6.54 Å². The molecule has 4 nitrogen and oxygen atoms in total. The van der Waals surface area contributed by atoms with E-state index in [-0.39, 0.29) is 5.91 Å².